The minimum absolute atomic E-state index is 0.216. The molecule has 0 saturated carbocycles. The summed E-state index contributed by atoms with van der Waals surface area (Å²) in [4.78, 5) is 0.551. The molecule has 1 aromatic carbocycles. The van der Waals surface area contributed by atoms with Crippen LogP contribution < -0.4 is 11.1 Å². The van der Waals surface area contributed by atoms with E-state index in [1.54, 1.807) is 0 Å². The van der Waals surface area contributed by atoms with Gasteiger partial charge in [0.1, 0.15) is 0 Å². The smallest absolute Gasteiger partial charge is 0.0773 e. The third kappa shape index (κ3) is 3.64. The fraction of sp³-hybridized carbons (Fsp3) is 0.300. The molecule has 14 heavy (non-hydrogen) atoms. The molecule has 0 radical (unpaired) electrons. The van der Waals surface area contributed by atoms with Gasteiger partial charge in [-0.1, -0.05) is 35.1 Å². The molecule has 76 valence electrons. The zero-order chi connectivity index (χ0) is 10.6. The second kappa shape index (κ2) is 5.32. The van der Waals surface area contributed by atoms with Crippen molar-refractivity contribution in [3.8, 4) is 0 Å². The summed E-state index contributed by atoms with van der Waals surface area (Å²) >= 11 is 8.26. The van der Waals surface area contributed by atoms with Crippen molar-refractivity contribution in [1.29, 1.82) is 0 Å². The average Bonchev–Trinajstić information content (AvgIpc) is 2.16. The van der Waals surface area contributed by atoms with E-state index in [9.17, 15) is 0 Å². The van der Waals surface area contributed by atoms with Crippen molar-refractivity contribution in [3.05, 3.63) is 28.7 Å². The first-order valence-electron chi connectivity index (χ1n) is 4.38. The van der Waals surface area contributed by atoms with Crippen LogP contribution >= 0.6 is 28.1 Å². The molecule has 0 aromatic heterocycles. The highest BCUT2D eigenvalue weighted by atomic mass is 79.9. The van der Waals surface area contributed by atoms with Crippen molar-refractivity contribution in [2.24, 2.45) is 11.7 Å². The standard InChI is InChI=1S/C10H13BrN2S/c1-7(10(12)14)6-13-9-4-2-8(11)3-5-9/h2-5,7,13H,6H2,1H3,(H2,12,14). The van der Waals surface area contributed by atoms with Gasteiger partial charge < -0.3 is 11.1 Å². The Bertz CT molecular complexity index is 310. The Kier molecular flexibility index (Phi) is 4.35. The minimum atomic E-state index is 0.216. The summed E-state index contributed by atoms with van der Waals surface area (Å²) in [6.07, 6.45) is 0. The van der Waals surface area contributed by atoms with Crippen LogP contribution in [0.4, 0.5) is 5.69 Å². The predicted molar refractivity (Wildman–Crippen MR) is 68.6 cm³/mol. The van der Waals surface area contributed by atoms with Gasteiger partial charge in [-0.05, 0) is 24.3 Å². The van der Waals surface area contributed by atoms with Gasteiger partial charge in [-0.15, -0.1) is 0 Å². The summed E-state index contributed by atoms with van der Waals surface area (Å²) in [5, 5.41) is 3.26. The van der Waals surface area contributed by atoms with Gasteiger partial charge in [-0.3, -0.25) is 0 Å². The van der Waals surface area contributed by atoms with E-state index in [2.05, 4.69) is 21.2 Å². The van der Waals surface area contributed by atoms with Crippen molar-refractivity contribution < 1.29 is 0 Å². The molecule has 0 bridgehead atoms. The number of benzene rings is 1. The highest BCUT2D eigenvalue weighted by Gasteiger charge is 2.03. The van der Waals surface area contributed by atoms with E-state index in [1.165, 1.54) is 0 Å². The number of nitrogens with one attached hydrogen (secondary N) is 1. The van der Waals surface area contributed by atoms with Crippen molar-refractivity contribution in [2.45, 2.75) is 6.92 Å². The molecule has 2 nitrogen and oxygen atoms in total. The molecular weight excluding hydrogens is 260 g/mol. The van der Waals surface area contributed by atoms with Crippen molar-refractivity contribution in [2.75, 3.05) is 11.9 Å². The lowest BCUT2D eigenvalue weighted by atomic mass is 10.2. The molecule has 3 N–H and O–H groups in total. The van der Waals surface area contributed by atoms with Gasteiger partial charge in [0.25, 0.3) is 0 Å². The first-order valence-corrected chi connectivity index (χ1v) is 5.58. The summed E-state index contributed by atoms with van der Waals surface area (Å²) in [5.74, 6) is 0.216. The molecule has 0 heterocycles. The van der Waals surface area contributed by atoms with E-state index < -0.39 is 0 Å². The number of hydrogen-bond donors (Lipinski definition) is 2. The number of rotatable bonds is 4. The molecule has 0 fully saturated rings. The lowest BCUT2D eigenvalue weighted by molar-refractivity contribution is 0.821. The first-order chi connectivity index (χ1) is 6.59. The quantitative estimate of drug-likeness (QED) is 0.828. The van der Waals surface area contributed by atoms with E-state index in [4.69, 9.17) is 18.0 Å². The maximum Gasteiger partial charge on any atom is 0.0773 e. The lowest BCUT2D eigenvalue weighted by Gasteiger charge is -2.11. The molecular formula is C10H13BrN2S. The second-order valence-electron chi connectivity index (χ2n) is 3.19. The van der Waals surface area contributed by atoms with E-state index in [0.29, 0.717) is 4.99 Å². The first kappa shape index (κ1) is 11.5. The summed E-state index contributed by atoms with van der Waals surface area (Å²) in [6, 6.07) is 8.01. The van der Waals surface area contributed by atoms with Crippen LogP contribution in [0.3, 0.4) is 0 Å². The predicted octanol–water partition coefficient (Wildman–Crippen LogP) is 2.78. The summed E-state index contributed by atoms with van der Waals surface area (Å²) in [7, 11) is 0. The van der Waals surface area contributed by atoms with Gasteiger partial charge in [0.2, 0.25) is 0 Å². The van der Waals surface area contributed by atoms with Crippen molar-refractivity contribution in [3.63, 3.8) is 0 Å². The van der Waals surface area contributed by atoms with E-state index >= 15 is 0 Å². The Morgan fingerprint density at radius 2 is 2.07 bits per heavy atom. The molecule has 1 rings (SSSR count). The molecule has 0 spiro atoms. The van der Waals surface area contributed by atoms with Crippen LogP contribution in [0.15, 0.2) is 28.7 Å². The number of nitrogens with two attached hydrogens (primary N) is 1. The second-order valence-corrected chi connectivity index (χ2v) is 4.58. The Balaban J connectivity index is 2.46. The topological polar surface area (TPSA) is 38.0 Å². The SMILES string of the molecule is CC(CNc1ccc(Br)cc1)C(N)=S. The van der Waals surface area contributed by atoms with Crippen LogP contribution in [0.2, 0.25) is 0 Å². The van der Waals surface area contributed by atoms with Crippen molar-refractivity contribution in [1.82, 2.24) is 0 Å². The third-order valence-electron chi connectivity index (χ3n) is 1.94. The largest absolute Gasteiger partial charge is 0.393 e. The fourth-order valence-corrected chi connectivity index (χ4v) is 1.29. The summed E-state index contributed by atoms with van der Waals surface area (Å²) < 4.78 is 1.07. The summed E-state index contributed by atoms with van der Waals surface area (Å²) in [6.45, 7) is 2.78. The van der Waals surface area contributed by atoms with Crippen LogP contribution in [0.25, 0.3) is 0 Å². The maximum atomic E-state index is 5.51. The monoisotopic (exact) mass is 272 g/mol. The van der Waals surface area contributed by atoms with Crippen LogP contribution in [0.1, 0.15) is 6.92 Å². The maximum absolute atomic E-state index is 5.51. The van der Waals surface area contributed by atoms with E-state index in [0.717, 1.165) is 16.7 Å². The Morgan fingerprint density at radius 3 is 2.57 bits per heavy atom. The number of hydrogen-bond acceptors (Lipinski definition) is 2. The summed E-state index contributed by atoms with van der Waals surface area (Å²) in [5.41, 5.74) is 6.59. The van der Waals surface area contributed by atoms with Gasteiger partial charge in [-0.25, -0.2) is 0 Å². The molecule has 0 saturated heterocycles. The Labute approximate surface area is 98.0 Å². The number of thiocarbonyl (C=S) groups is 1. The van der Waals surface area contributed by atoms with Gasteiger partial charge in [-0.2, -0.15) is 0 Å². The van der Waals surface area contributed by atoms with Crippen LogP contribution in [0.5, 0.6) is 0 Å². The molecule has 1 atom stereocenters. The highest BCUT2D eigenvalue weighted by molar-refractivity contribution is 9.10. The number of anilines is 1. The zero-order valence-electron chi connectivity index (χ0n) is 7.96. The van der Waals surface area contributed by atoms with Crippen molar-refractivity contribution >= 4 is 38.8 Å². The molecule has 1 aromatic rings. The van der Waals surface area contributed by atoms with Crippen LogP contribution in [0, 0.1) is 5.92 Å². The van der Waals surface area contributed by atoms with Gasteiger partial charge >= 0.3 is 0 Å². The van der Waals surface area contributed by atoms with Gasteiger partial charge in [0, 0.05) is 22.6 Å². The van der Waals surface area contributed by atoms with Gasteiger partial charge in [0.15, 0.2) is 0 Å². The zero-order valence-corrected chi connectivity index (χ0v) is 10.4. The lowest BCUT2D eigenvalue weighted by Crippen LogP contribution is -2.25. The average molecular weight is 273 g/mol. The molecule has 0 aliphatic heterocycles. The molecule has 1 unspecified atom stereocenters. The Hall–Kier alpha value is -0.610. The fourth-order valence-electron chi connectivity index (χ4n) is 0.939. The highest BCUT2D eigenvalue weighted by Crippen LogP contribution is 2.14. The van der Waals surface area contributed by atoms with E-state index in [-0.39, 0.29) is 5.92 Å². The van der Waals surface area contributed by atoms with E-state index in [1.807, 2.05) is 31.2 Å². The molecule has 0 amide bonds. The normalized spacial score (nSPS) is 12.1. The third-order valence-corrected chi connectivity index (χ3v) is 2.87. The minimum Gasteiger partial charge on any atom is -0.393 e. The number of halogens is 1. The molecule has 0 aliphatic rings. The van der Waals surface area contributed by atoms with Gasteiger partial charge in [0.05, 0.1) is 4.99 Å². The molecule has 4 heteroatoms. The Morgan fingerprint density at radius 1 is 1.50 bits per heavy atom. The van der Waals surface area contributed by atoms with Crippen LogP contribution in [-0.2, 0) is 0 Å². The van der Waals surface area contributed by atoms with Crippen LogP contribution in [-0.4, -0.2) is 11.5 Å². The molecule has 0 aliphatic carbocycles.